The second-order valence-corrected chi connectivity index (χ2v) is 5.89. The molecule has 0 bridgehead atoms. The van der Waals surface area contributed by atoms with Crippen molar-refractivity contribution in [1.29, 1.82) is 0 Å². The van der Waals surface area contributed by atoms with Crippen LogP contribution in [0.25, 0.3) is 0 Å². The van der Waals surface area contributed by atoms with E-state index in [9.17, 15) is 4.79 Å². The second-order valence-electron chi connectivity index (χ2n) is 5.89. The fraction of sp³-hybridized carbons (Fsp3) is 0.923. The smallest absolute Gasteiger partial charge is 0.237 e. The van der Waals surface area contributed by atoms with Gasteiger partial charge in [-0.25, -0.2) is 0 Å². The summed E-state index contributed by atoms with van der Waals surface area (Å²) in [6, 6.07) is -0.0383. The van der Waals surface area contributed by atoms with E-state index in [1.54, 1.807) is 0 Å². The lowest BCUT2D eigenvalue weighted by Crippen LogP contribution is -2.49. The Hall–Kier alpha value is -0.570. The summed E-state index contributed by atoms with van der Waals surface area (Å²) in [5.74, 6) is 1.65. The van der Waals surface area contributed by atoms with Crippen LogP contribution in [0, 0.1) is 17.8 Å². The zero-order valence-electron chi connectivity index (χ0n) is 11.0. The van der Waals surface area contributed by atoms with E-state index in [1.165, 1.54) is 6.42 Å². The van der Waals surface area contributed by atoms with Gasteiger partial charge >= 0.3 is 0 Å². The van der Waals surface area contributed by atoms with E-state index in [2.05, 4.69) is 19.2 Å². The molecule has 3 nitrogen and oxygen atoms in total. The number of carbonyl (C=O) groups is 1. The minimum atomic E-state index is -0.368. The Morgan fingerprint density at radius 2 is 1.69 bits per heavy atom. The van der Waals surface area contributed by atoms with Gasteiger partial charge in [0.05, 0.1) is 6.04 Å². The van der Waals surface area contributed by atoms with Crippen molar-refractivity contribution in [2.45, 2.75) is 59.0 Å². The predicted octanol–water partition coefficient (Wildman–Crippen LogP) is 1.91. The van der Waals surface area contributed by atoms with Crippen molar-refractivity contribution in [2.75, 3.05) is 0 Å². The van der Waals surface area contributed by atoms with Gasteiger partial charge in [-0.05, 0) is 37.0 Å². The summed E-state index contributed by atoms with van der Waals surface area (Å²) >= 11 is 0. The van der Waals surface area contributed by atoms with Crippen LogP contribution >= 0.6 is 0 Å². The molecule has 0 aromatic carbocycles. The molecule has 0 spiro atoms. The average molecular weight is 226 g/mol. The monoisotopic (exact) mass is 226 g/mol. The Morgan fingerprint density at radius 1 is 1.19 bits per heavy atom. The number of carbonyl (C=O) groups excluding carboxylic acids is 1. The lowest BCUT2D eigenvalue weighted by molar-refractivity contribution is -0.124. The number of nitrogens with one attached hydrogen (secondary N) is 1. The van der Waals surface area contributed by atoms with Crippen molar-refractivity contribution in [1.82, 2.24) is 5.32 Å². The van der Waals surface area contributed by atoms with Crippen LogP contribution in [0.3, 0.4) is 0 Å². The van der Waals surface area contributed by atoms with Crippen LogP contribution in [0.5, 0.6) is 0 Å². The molecule has 2 unspecified atom stereocenters. The normalized spacial score (nSPS) is 32.5. The summed E-state index contributed by atoms with van der Waals surface area (Å²) in [4.78, 5) is 11.8. The van der Waals surface area contributed by atoms with Crippen LogP contribution in [0.4, 0.5) is 0 Å². The molecule has 3 heteroatoms. The summed E-state index contributed by atoms with van der Waals surface area (Å²) in [6.07, 6.45) is 3.48. The average Bonchev–Trinajstić information content (AvgIpc) is 2.14. The SMILES string of the molecule is CC1CC(C)CC(NC(=O)[C@@H](N)C(C)C)C1. The van der Waals surface area contributed by atoms with Gasteiger partial charge in [-0.2, -0.15) is 0 Å². The molecular formula is C13H26N2O. The molecule has 94 valence electrons. The van der Waals surface area contributed by atoms with Gasteiger partial charge in [0, 0.05) is 6.04 Å². The molecule has 3 N–H and O–H groups in total. The maximum absolute atomic E-state index is 11.8. The first-order chi connectivity index (χ1) is 7.40. The van der Waals surface area contributed by atoms with Gasteiger partial charge < -0.3 is 11.1 Å². The Morgan fingerprint density at radius 3 is 2.12 bits per heavy atom. The van der Waals surface area contributed by atoms with Crippen molar-refractivity contribution >= 4 is 5.91 Å². The van der Waals surface area contributed by atoms with E-state index in [-0.39, 0.29) is 17.9 Å². The second kappa shape index (κ2) is 5.67. The zero-order valence-corrected chi connectivity index (χ0v) is 11.0. The fourth-order valence-corrected chi connectivity index (χ4v) is 2.66. The minimum Gasteiger partial charge on any atom is -0.352 e. The first-order valence-corrected chi connectivity index (χ1v) is 6.46. The first kappa shape index (κ1) is 13.5. The van der Waals surface area contributed by atoms with Crippen LogP contribution in [-0.2, 0) is 4.79 Å². The molecule has 1 aliphatic carbocycles. The van der Waals surface area contributed by atoms with Crippen molar-refractivity contribution in [3.05, 3.63) is 0 Å². The number of rotatable bonds is 3. The molecule has 1 saturated carbocycles. The molecule has 1 rings (SSSR count). The Labute approximate surface area is 99.2 Å². The van der Waals surface area contributed by atoms with E-state index in [0.717, 1.165) is 12.8 Å². The molecule has 1 fully saturated rings. The molecule has 1 amide bonds. The predicted molar refractivity (Wildman–Crippen MR) is 66.9 cm³/mol. The maximum atomic E-state index is 11.8. The molecule has 1 aliphatic rings. The van der Waals surface area contributed by atoms with Gasteiger partial charge in [-0.3, -0.25) is 4.79 Å². The van der Waals surface area contributed by atoms with E-state index in [0.29, 0.717) is 17.9 Å². The number of hydrogen-bond acceptors (Lipinski definition) is 2. The highest BCUT2D eigenvalue weighted by molar-refractivity contribution is 5.82. The summed E-state index contributed by atoms with van der Waals surface area (Å²) < 4.78 is 0. The van der Waals surface area contributed by atoms with Gasteiger partial charge in [-0.15, -0.1) is 0 Å². The zero-order chi connectivity index (χ0) is 12.3. The largest absolute Gasteiger partial charge is 0.352 e. The number of nitrogens with two attached hydrogens (primary N) is 1. The van der Waals surface area contributed by atoms with E-state index < -0.39 is 0 Å². The molecule has 0 heterocycles. The van der Waals surface area contributed by atoms with Crippen LogP contribution in [0.2, 0.25) is 0 Å². The molecule has 0 aromatic rings. The maximum Gasteiger partial charge on any atom is 0.237 e. The van der Waals surface area contributed by atoms with Gasteiger partial charge in [0.2, 0.25) is 5.91 Å². The fourth-order valence-electron chi connectivity index (χ4n) is 2.66. The van der Waals surface area contributed by atoms with Gasteiger partial charge in [0.15, 0.2) is 0 Å². The van der Waals surface area contributed by atoms with Crippen molar-refractivity contribution in [3.8, 4) is 0 Å². The number of amides is 1. The van der Waals surface area contributed by atoms with Crippen molar-refractivity contribution in [3.63, 3.8) is 0 Å². The lowest BCUT2D eigenvalue weighted by Gasteiger charge is -2.32. The van der Waals surface area contributed by atoms with E-state index >= 15 is 0 Å². The quantitative estimate of drug-likeness (QED) is 0.772. The molecule has 0 radical (unpaired) electrons. The third-order valence-electron chi connectivity index (χ3n) is 3.55. The minimum absolute atomic E-state index is 0.0151. The Bertz CT molecular complexity index is 230. The Balaban J connectivity index is 2.44. The highest BCUT2D eigenvalue weighted by Gasteiger charge is 2.27. The van der Waals surface area contributed by atoms with Crippen LogP contribution in [-0.4, -0.2) is 18.0 Å². The van der Waals surface area contributed by atoms with Gasteiger partial charge in [0.25, 0.3) is 0 Å². The third-order valence-corrected chi connectivity index (χ3v) is 3.55. The van der Waals surface area contributed by atoms with E-state index in [1.807, 2.05) is 13.8 Å². The lowest BCUT2D eigenvalue weighted by atomic mass is 9.80. The topological polar surface area (TPSA) is 55.1 Å². The molecule has 3 atom stereocenters. The third kappa shape index (κ3) is 3.78. The van der Waals surface area contributed by atoms with Gasteiger partial charge in [-0.1, -0.05) is 27.7 Å². The molecule has 0 aliphatic heterocycles. The highest BCUT2D eigenvalue weighted by atomic mass is 16.2. The Kier molecular flexibility index (Phi) is 4.78. The molecule has 0 saturated heterocycles. The van der Waals surface area contributed by atoms with E-state index in [4.69, 9.17) is 5.73 Å². The summed E-state index contributed by atoms with van der Waals surface area (Å²) in [5.41, 5.74) is 5.83. The standard InChI is InChI=1S/C13H26N2O/c1-8(2)12(14)13(16)15-11-6-9(3)5-10(4)7-11/h8-12H,5-7,14H2,1-4H3,(H,15,16)/t9?,10?,11?,12-/m0/s1. The summed E-state index contributed by atoms with van der Waals surface area (Å²) in [7, 11) is 0. The summed E-state index contributed by atoms with van der Waals surface area (Å²) in [5, 5.41) is 3.10. The van der Waals surface area contributed by atoms with Gasteiger partial charge in [0.1, 0.15) is 0 Å². The van der Waals surface area contributed by atoms with Crippen LogP contribution in [0.1, 0.15) is 47.0 Å². The molecule has 16 heavy (non-hydrogen) atoms. The van der Waals surface area contributed by atoms with Crippen molar-refractivity contribution < 1.29 is 4.79 Å². The summed E-state index contributed by atoms with van der Waals surface area (Å²) in [6.45, 7) is 8.49. The highest BCUT2D eigenvalue weighted by Crippen LogP contribution is 2.28. The molecular weight excluding hydrogens is 200 g/mol. The molecule has 0 aromatic heterocycles. The van der Waals surface area contributed by atoms with Crippen LogP contribution < -0.4 is 11.1 Å². The van der Waals surface area contributed by atoms with Crippen molar-refractivity contribution in [2.24, 2.45) is 23.5 Å². The number of hydrogen-bond donors (Lipinski definition) is 2. The van der Waals surface area contributed by atoms with Crippen LogP contribution in [0.15, 0.2) is 0 Å². The first-order valence-electron chi connectivity index (χ1n) is 6.46.